The third kappa shape index (κ3) is 11.2. The van der Waals surface area contributed by atoms with Crippen LogP contribution in [0, 0.1) is 11.7 Å². The number of hydrogen-bond acceptors (Lipinski definition) is 5. The van der Waals surface area contributed by atoms with Crippen molar-refractivity contribution in [2.24, 2.45) is 5.92 Å². The number of carboxylic acid groups (broad SMARTS) is 1. The van der Waals surface area contributed by atoms with E-state index in [2.05, 4.69) is 19.8 Å². The number of aliphatic carboxylic acids is 1. The third-order valence-corrected chi connectivity index (χ3v) is 6.14. The fraction of sp³-hybridized carbons (Fsp3) is 0.680. The van der Waals surface area contributed by atoms with Crippen LogP contribution in [0.5, 0.6) is 0 Å². The smallest absolute Gasteiger partial charge is 0.475 e. The van der Waals surface area contributed by atoms with Crippen molar-refractivity contribution < 1.29 is 32.2 Å². The second kappa shape index (κ2) is 17.8. The lowest BCUT2D eigenvalue weighted by Crippen LogP contribution is -2.40. The van der Waals surface area contributed by atoms with E-state index in [9.17, 15) is 17.6 Å². The maximum absolute atomic E-state index is 13.6. The standard InChI is InChI=1S/C20H29FN4O.C2HF3O2.CH2Cl2.2CH4/c1-26-14-20-23-18-12-16(21)2-3-19(18)25(20)17-6-10-24(11-7-17)13-15-4-8-22-9-5-15;3-2(4,5)1(6)7;2-1-3;;/h2-3,12,15,17,22H,4-11,13-14H2,1H3;(H,6,7);1H2;2*1H4. The summed E-state index contributed by atoms with van der Waals surface area (Å²) in [5.74, 6) is -1.24. The molecule has 3 heterocycles. The summed E-state index contributed by atoms with van der Waals surface area (Å²) in [6.07, 6.45) is -0.250. The molecule has 0 bridgehead atoms. The lowest BCUT2D eigenvalue weighted by atomic mass is 9.95. The number of ether oxygens (including phenoxy) is 1. The summed E-state index contributed by atoms with van der Waals surface area (Å²) in [7, 11) is 1.69. The molecule has 2 aliphatic rings. The summed E-state index contributed by atoms with van der Waals surface area (Å²) in [6, 6.07) is 5.33. The molecule has 4 rings (SSSR count). The first-order valence-electron chi connectivity index (χ1n) is 11.6. The summed E-state index contributed by atoms with van der Waals surface area (Å²) in [6.45, 7) is 6.28. The average molecular weight is 592 g/mol. The Morgan fingerprint density at radius 2 is 1.71 bits per heavy atom. The fourth-order valence-electron chi connectivity index (χ4n) is 4.55. The molecule has 0 saturated carbocycles. The molecule has 1 aromatic carbocycles. The summed E-state index contributed by atoms with van der Waals surface area (Å²) < 4.78 is 53.0. The quantitative estimate of drug-likeness (QED) is 0.315. The van der Waals surface area contributed by atoms with Crippen molar-refractivity contribution in [3.63, 3.8) is 0 Å². The van der Waals surface area contributed by atoms with Gasteiger partial charge >= 0.3 is 12.1 Å². The lowest BCUT2D eigenvalue weighted by Gasteiger charge is -2.36. The zero-order chi connectivity index (χ0) is 26.7. The molecule has 7 nitrogen and oxygen atoms in total. The van der Waals surface area contributed by atoms with E-state index in [1.165, 1.54) is 44.6 Å². The number of nitrogens with one attached hydrogen (secondary N) is 1. The van der Waals surface area contributed by atoms with Gasteiger partial charge < -0.3 is 24.6 Å². The molecule has 38 heavy (non-hydrogen) atoms. The van der Waals surface area contributed by atoms with Crippen LogP contribution in [-0.2, 0) is 16.1 Å². The number of imidazole rings is 1. The van der Waals surface area contributed by atoms with Gasteiger partial charge in [0.15, 0.2) is 0 Å². The third-order valence-electron chi connectivity index (χ3n) is 6.14. The number of fused-ring (bicyclic) bond motifs is 1. The minimum atomic E-state index is -5.08. The maximum Gasteiger partial charge on any atom is 0.490 e. The minimum Gasteiger partial charge on any atom is -0.475 e. The Bertz CT molecular complexity index is 949. The second-order valence-corrected chi connectivity index (χ2v) is 9.40. The van der Waals surface area contributed by atoms with Crippen LogP contribution in [-0.4, -0.2) is 76.9 Å². The number of alkyl halides is 5. The predicted molar refractivity (Wildman–Crippen MR) is 144 cm³/mol. The van der Waals surface area contributed by atoms with Crippen molar-refractivity contribution in [2.75, 3.05) is 45.2 Å². The van der Waals surface area contributed by atoms with E-state index in [-0.39, 0.29) is 26.0 Å². The van der Waals surface area contributed by atoms with Crippen molar-refractivity contribution in [1.82, 2.24) is 19.8 Å². The molecule has 2 aromatic rings. The molecule has 0 amide bonds. The number of piperidine rings is 2. The van der Waals surface area contributed by atoms with E-state index in [1.54, 1.807) is 7.11 Å². The number of hydrogen-bond donors (Lipinski definition) is 2. The zero-order valence-electron chi connectivity index (χ0n) is 20.0. The zero-order valence-corrected chi connectivity index (χ0v) is 21.5. The van der Waals surface area contributed by atoms with Gasteiger partial charge in [-0.15, -0.1) is 23.2 Å². The Labute approximate surface area is 232 Å². The highest BCUT2D eigenvalue weighted by Crippen LogP contribution is 2.30. The van der Waals surface area contributed by atoms with Crippen LogP contribution < -0.4 is 5.32 Å². The number of nitrogens with zero attached hydrogens (tertiary/aromatic N) is 3. The number of aromatic nitrogens is 2. The van der Waals surface area contributed by atoms with Gasteiger partial charge in [0.1, 0.15) is 18.2 Å². The Morgan fingerprint density at radius 1 is 1.16 bits per heavy atom. The first kappa shape index (κ1) is 36.3. The summed E-state index contributed by atoms with van der Waals surface area (Å²) in [5, 5.41) is 10.8. The molecular weight excluding hydrogens is 551 g/mol. The molecule has 2 aliphatic heterocycles. The van der Waals surface area contributed by atoms with Gasteiger partial charge in [-0.2, -0.15) is 13.2 Å². The molecule has 1 aromatic heterocycles. The minimum absolute atomic E-state index is 0. The van der Waals surface area contributed by atoms with E-state index in [1.807, 2.05) is 6.07 Å². The topological polar surface area (TPSA) is 79.6 Å². The normalized spacial score (nSPS) is 16.8. The molecule has 0 atom stereocenters. The van der Waals surface area contributed by atoms with Gasteiger partial charge in [0, 0.05) is 38.9 Å². The molecule has 2 N–H and O–H groups in total. The Morgan fingerprint density at radius 3 is 2.21 bits per heavy atom. The van der Waals surface area contributed by atoms with Crippen LogP contribution in [0.25, 0.3) is 11.0 Å². The SMILES string of the molecule is C.C.COCc1nc2cc(F)ccc2n1C1CCN(CC2CCNCC2)CC1.ClCCl.O=C(O)C(F)(F)F. The van der Waals surface area contributed by atoms with Gasteiger partial charge in [-0.05, 0) is 56.8 Å². The first-order chi connectivity index (χ1) is 17.1. The van der Waals surface area contributed by atoms with Gasteiger partial charge in [0.25, 0.3) is 0 Å². The molecule has 2 fully saturated rings. The number of carbonyl (C=O) groups is 1. The highest BCUT2D eigenvalue weighted by molar-refractivity contribution is 6.40. The molecule has 0 aliphatic carbocycles. The summed E-state index contributed by atoms with van der Waals surface area (Å²) >= 11 is 9.53. The summed E-state index contributed by atoms with van der Waals surface area (Å²) in [4.78, 5) is 16.2. The molecule has 0 spiro atoms. The highest BCUT2D eigenvalue weighted by atomic mass is 35.5. The number of likely N-dealkylation sites (tertiary alicyclic amines) is 1. The highest BCUT2D eigenvalue weighted by Gasteiger charge is 2.38. The summed E-state index contributed by atoms with van der Waals surface area (Å²) in [5.41, 5.74) is 1.75. The number of halogens is 6. The molecule has 0 radical (unpaired) electrons. The van der Waals surface area contributed by atoms with E-state index in [0.717, 1.165) is 48.7 Å². The van der Waals surface area contributed by atoms with Gasteiger partial charge in [-0.1, -0.05) is 14.9 Å². The molecular formula is C25H40Cl2F4N4O3. The average Bonchev–Trinajstić information content (AvgIpc) is 3.18. The van der Waals surface area contributed by atoms with Gasteiger partial charge in [-0.3, -0.25) is 0 Å². The largest absolute Gasteiger partial charge is 0.490 e. The van der Waals surface area contributed by atoms with Gasteiger partial charge in [0.05, 0.1) is 16.4 Å². The first-order valence-corrected chi connectivity index (χ1v) is 12.7. The van der Waals surface area contributed by atoms with Crippen molar-refractivity contribution >= 4 is 40.2 Å². The number of carboxylic acids is 1. The Kier molecular flexibility index (Phi) is 17.1. The van der Waals surface area contributed by atoms with E-state index in [0.29, 0.717) is 12.6 Å². The van der Waals surface area contributed by atoms with E-state index < -0.39 is 12.1 Å². The molecule has 220 valence electrons. The fourth-order valence-corrected chi connectivity index (χ4v) is 4.55. The van der Waals surface area contributed by atoms with E-state index >= 15 is 0 Å². The maximum atomic E-state index is 13.6. The van der Waals surface area contributed by atoms with Crippen LogP contribution in [0.1, 0.15) is 52.4 Å². The number of methoxy groups -OCH3 is 1. The second-order valence-electron chi connectivity index (χ2n) is 8.59. The van der Waals surface area contributed by atoms with Crippen LogP contribution in [0.4, 0.5) is 17.6 Å². The van der Waals surface area contributed by atoms with Crippen molar-refractivity contribution in [1.29, 1.82) is 0 Å². The predicted octanol–water partition coefficient (Wildman–Crippen LogP) is 6.29. The Balaban J connectivity index is 0.000000987. The van der Waals surface area contributed by atoms with Crippen molar-refractivity contribution in [2.45, 2.75) is 59.4 Å². The molecule has 0 unspecified atom stereocenters. The van der Waals surface area contributed by atoms with Crippen molar-refractivity contribution in [3.8, 4) is 0 Å². The van der Waals surface area contributed by atoms with Crippen LogP contribution in [0.15, 0.2) is 18.2 Å². The Hall–Kier alpha value is -1.66. The van der Waals surface area contributed by atoms with Crippen LogP contribution in [0.3, 0.4) is 0 Å². The number of benzene rings is 1. The monoisotopic (exact) mass is 590 g/mol. The molecule has 13 heteroatoms. The lowest BCUT2D eigenvalue weighted by molar-refractivity contribution is -0.192. The van der Waals surface area contributed by atoms with Gasteiger partial charge in [0.2, 0.25) is 0 Å². The number of rotatable bonds is 5. The van der Waals surface area contributed by atoms with E-state index in [4.69, 9.17) is 37.8 Å². The van der Waals surface area contributed by atoms with Crippen LogP contribution >= 0.6 is 23.2 Å². The van der Waals surface area contributed by atoms with Gasteiger partial charge in [-0.25, -0.2) is 14.2 Å². The van der Waals surface area contributed by atoms with Crippen LogP contribution in [0.2, 0.25) is 0 Å². The van der Waals surface area contributed by atoms with Crippen molar-refractivity contribution in [3.05, 3.63) is 29.8 Å². The molecule has 2 saturated heterocycles.